The van der Waals surface area contributed by atoms with Crippen molar-refractivity contribution < 1.29 is 4.42 Å². The average molecular weight is 377 g/mol. The van der Waals surface area contributed by atoms with E-state index >= 15 is 0 Å². The third-order valence-electron chi connectivity index (χ3n) is 4.69. The molecule has 0 bridgehead atoms. The molecule has 23 heavy (non-hydrogen) atoms. The van der Waals surface area contributed by atoms with Crippen molar-refractivity contribution in [1.82, 2.24) is 10.2 Å². The Bertz CT molecular complexity index is 653. The van der Waals surface area contributed by atoms with Gasteiger partial charge in [-0.1, -0.05) is 28.9 Å². The average Bonchev–Trinajstić information content (AvgIpc) is 3.19. The molecule has 3 nitrogen and oxygen atoms in total. The Hall–Kier alpha value is -1.10. The van der Waals surface area contributed by atoms with E-state index in [2.05, 4.69) is 70.3 Å². The molecule has 0 unspecified atom stereocenters. The van der Waals surface area contributed by atoms with Crippen molar-refractivity contribution in [3.05, 3.63) is 46.1 Å². The number of hydrogen-bond acceptors (Lipinski definition) is 3. The Kier molecular flexibility index (Phi) is 5.57. The minimum atomic E-state index is 0.684. The standard InChI is InChI=1S/C19H25BrN2O/c1-3-22-10-4-5-16(22)12-21-13-17-7-9-19(23-17)15-6-8-18(20)14(2)11-15/h6-9,11,16,21H,3-5,10,12-13H2,1-2H3/t16-/m1/s1. The van der Waals surface area contributed by atoms with Gasteiger partial charge < -0.3 is 9.73 Å². The summed E-state index contributed by atoms with van der Waals surface area (Å²) in [5.74, 6) is 1.94. The molecule has 2 heterocycles. The fourth-order valence-electron chi connectivity index (χ4n) is 3.33. The lowest BCUT2D eigenvalue weighted by atomic mass is 10.1. The van der Waals surface area contributed by atoms with Gasteiger partial charge in [0.2, 0.25) is 0 Å². The molecule has 1 saturated heterocycles. The van der Waals surface area contributed by atoms with Crippen LogP contribution >= 0.6 is 15.9 Å². The van der Waals surface area contributed by atoms with Gasteiger partial charge in [0.25, 0.3) is 0 Å². The predicted octanol–water partition coefficient (Wildman–Crippen LogP) is 4.59. The maximum atomic E-state index is 5.99. The van der Waals surface area contributed by atoms with Gasteiger partial charge in [-0.3, -0.25) is 4.90 Å². The molecule has 4 heteroatoms. The molecule has 1 aromatic carbocycles. The molecule has 2 aromatic rings. The van der Waals surface area contributed by atoms with Crippen molar-refractivity contribution in [2.45, 2.75) is 39.3 Å². The molecule has 1 N–H and O–H groups in total. The quantitative estimate of drug-likeness (QED) is 0.798. The predicted molar refractivity (Wildman–Crippen MR) is 98.6 cm³/mol. The van der Waals surface area contributed by atoms with Crippen LogP contribution in [0, 0.1) is 6.92 Å². The summed E-state index contributed by atoms with van der Waals surface area (Å²) in [7, 11) is 0. The van der Waals surface area contributed by atoms with Crippen LogP contribution in [0.25, 0.3) is 11.3 Å². The Morgan fingerprint density at radius 3 is 2.96 bits per heavy atom. The Morgan fingerprint density at radius 2 is 2.17 bits per heavy atom. The van der Waals surface area contributed by atoms with E-state index in [0.717, 1.165) is 41.2 Å². The lowest BCUT2D eigenvalue weighted by Gasteiger charge is -2.22. The smallest absolute Gasteiger partial charge is 0.134 e. The van der Waals surface area contributed by atoms with Crippen molar-refractivity contribution in [3.8, 4) is 11.3 Å². The zero-order chi connectivity index (χ0) is 16.2. The first-order valence-corrected chi connectivity index (χ1v) is 9.26. The van der Waals surface area contributed by atoms with Gasteiger partial charge in [-0.2, -0.15) is 0 Å². The molecule has 1 aliphatic rings. The number of nitrogens with one attached hydrogen (secondary N) is 1. The molecule has 124 valence electrons. The summed E-state index contributed by atoms with van der Waals surface area (Å²) < 4.78 is 7.12. The van der Waals surface area contributed by atoms with Crippen LogP contribution in [0.4, 0.5) is 0 Å². The number of halogens is 1. The summed E-state index contributed by atoms with van der Waals surface area (Å²) in [6.45, 7) is 8.58. The van der Waals surface area contributed by atoms with Gasteiger partial charge in [-0.05, 0) is 62.7 Å². The summed E-state index contributed by atoms with van der Waals surface area (Å²) in [5, 5.41) is 3.55. The van der Waals surface area contributed by atoms with Crippen molar-refractivity contribution in [1.29, 1.82) is 0 Å². The first-order valence-electron chi connectivity index (χ1n) is 8.47. The van der Waals surface area contributed by atoms with Gasteiger partial charge in [-0.15, -0.1) is 0 Å². The minimum Gasteiger partial charge on any atom is -0.460 e. The molecule has 0 spiro atoms. The summed E-state index contributed by atoms with van der Waals surface area (Å²) >= 11 is 3.54. The molecule has 1 aliphatic heterocycles. The van der Waals surface area contributed by atoms with Gasteiger partial charge in [0, 0.05) is 22.6 Å². The fraction of sp³-hybridized carbons (Fsp3) is 0.474. The van der Waals surface area contributed by atoms with E-state index in [1.54, 1.807) is 0 Å². The highest BCUT2D eigenvalue weighted by Gasteiger charge is 2.22. The van der Waals surface area contributed by atoms with Crippen LogP contribution in [0.1, 0.15) is 31.1 Å². The zero-order valence-electron chi connectivity index (χ0n) is 13.9. The topological polar surface area (TPSA) is 28.4 Å². The number of likely N-dealkylation sites (tertiary alicyclic amines) is 1. The molecule has 1 fully saturated rings. The Balaban J connectivity index is 1.56. The van der Waals surface area contributed by atoms with Crippen LogP contribution in [-0.2, 0) is 6.54 Å². The van der Waals surface area contributed by atoms with Crippen LogP contribution in [-0.4, -0.2) is 30.6 Å². The highest BCUT2D eigenvalue weighted by atomic mass is 79.9. The normalized spacial score (nSPS) is 18.7. The van der Waals surface area contributed by atoms with Gasteiger partial charge >= 0.3 is 0 Å². The fourth-order valence-corrected chi connectivity index (χ4v) is 3.58. The highest BCUT2D eigenvalue weighted by Crippen LogP contribution is 2.26. The number of hydrogen-bond donors (Lipinski definition) is 1. The Labute approximate surface area is 147 Å². The van der Waals surface area contributed by atoms with E-state index < -0.39 is 0 Å². The third kappa shape index (κ3) is 4.06. The molecule has 0 saturated carbocycles. The molecular weight excluding hydrogens is 352 g/mol. The second-order valence-corrected chi connectivity index (χ2v) is 7.14. The summed E-state index contributed by atoms with van der Waals surface area (Å²) in [4.78, 5) is 2.56. The van der Waals surface area contributed by atoms with Crippen LogP contribution in [0.2, 0.25) is 0 Å². The van der Waals surface area contributed by atoms with Gasteiger partial charge in [-0.25, -0.2) is 0 Å². The lowest BCUT2D eigenvalue weighted by molar-refractivity contribution is 0.258. The summed E-state index contributed by atoms with van der Waals surface area (Å²) in [6, 6.07) is 11.1. The molecule has 0 radical (unpaired) electrons. The van der Waals surface area contributed by atoms with Crippen LogP contribution in [0.5, 0.6) is 0 Å². The van der Waals surface area contributed by atoms with E-state index in [9.17, 15) is 0 Å². The van der Waals surface area contributed by atoms with E-state index in [0.29, 0.717) is 6.04 Å². The van der Waals surface area contributed by atoms with Crippen molar-refractivity contribution >= 4 is 15.9 Å². The zero-order valence-corrected chi connectivity index (χ0v) is 15.5. The van der Waals surface area contributed by atoms with E-state index in [1.807, 2.05) is 0 Å². The third-order valence-corrected chi connectivity index (χ3v) is 5.58. The molecule has 1 aromatic heterocycles. The maximum Gasteiger partial charge on any atom is 0.134 e. The van der Waals surface area contributed by atoms with Gasteiger partial charge in [0.1, 0.15) is 11.5 Å². The van der Waals surface area contributed by atoms with Crippen molar-refractivity contribution in [2.24, 2.45) is 0 Å². The summed E-state index contributed by atoms with van der Waals surface area (Å²) in [6.07, 6.45) is 2.64. The van der Waals surface area contributed by atoms with E-state index in [-0.39, 0.29) is 0 Å². The highest BCUT2D eigenvalue weighted by molar-refractivity contribution is 9.10. The Morgan fingerprint density at radius 1 is 1.30 bits per heavy atom. The monoisotopic (exact) mass is 376 g/mol. The maximum absolute atomic E-state index is 5.99. The van der Waals surface area contributed by atoms with Crippen molar-refractivity contribution in [2.75, 3.05) is 19.6 Å². The number of nitrogens with zero attached hydrogens (tertiary/aromatic N) is 1. The second-order valence-electron chi connectivity index (χ2n) is 6.29. The van der Waals surface area contributed by atoms with Crippen molar-refractivity contribution in [3.63, 3.8) is 0 Å². The lowest BCUT2D eigenvalue weighted by Crippen LogP contribution is -2.37. The first kappa shape index (κ1) is 16.7. The van der Waals surface area contributed by atoms with Gasteiger partial charge in [0.15, 0.2) is 0 Å². The van der Waals surface area contributed by atoms with E-state index in [4.69, 9.17) is 4.42 Å². The van der Waals surface area contributed by atoms with Gasteiger partial charge in [0.05, 0.1) is 6.54 Å². The SMILES string of the molecule is CCN1CCC[C@@H]1CNCc1ccc(-c2ccc(Br)c(C)c2)o1. The molecule has 0 aliphatic carbocycles. The second kappa shape index (κ2) is 7.65. The first-order chi connectivity index (χ1) is 11.2. The number of rotatable bonds is 6. The van der Waals surface area contributed by atoms with Crippen LogP contribution < -0.4 is 5.32 Å². The molecule has 0 amide bonds. The largest absolute Gasteiger partial charge is 0.460 e. The van der Waals surface area contributed by atoms with Crippen LogP contribution in [0.15, 0.2) is 39.2 Å². The molecular formula is C19H25BrN2O. The molecule has 3 rings (SSSR count). The van der Waals surface area contributed by atoms with Crippen LogP contribution in [0.3, 0.4) is 0 Å². The van der Waals surface area contributed by atoms with E-state index in [1.165, 1.54) is 24.9 Å². The molecule has 1 atom stereocenters. The number of benzene rings is 1. The number of furan rings is 1. The minimum absolute atomic E-state index is 0.684. The number of aryl methyl sites for hydroxylation is 1. The number of likely N-dealkylation sites (N-methyl/N-ethyl adjacent to an activating group) is 1. The summed E-state index contributed by atoms with van der Waals surface area (Å²) in [5.41, 5.74) is 2.35.